The van der Waals surface area contributed by atoms with Gasteiger partial charge in [0, 0.05) is 44.4 Å². The van der Waals surface area contributed by atoms with E-state index in [0.717, 1.165) is 17.7 Å². The molecule has 0 aliphatic carbocycles. The van der Waals surface area contributed by atoms with E-state index in [-0.39, 0.29) is 29.3 Å². The van der Waals surface area contributed by atoms with Crippen molar-refractivity contribution in [3.8, 4) is 0 Å². The van der Waals surface area contributed by atoms with Gasteiger partial charge in [-0.2, -0.15) is 4.31 Å². The van der Waals surface area contributed by atoms with Crippen molar-refractivity contribution in [3.63, 3.8) is 0 Å². The summed E-state index contributed by atoms with van der Waals surface area (Å²) in [6.45, 7) is 5.02. The molecule has 2 aromatic carbocycles. The summed E-state index contributed by atoms with van der Waals surface area (Å²) in [6.07, 6.45) is 1.90. The van der Waals surface area contributed by atoms with Gasteiger partial charge in [-0.05, 0) is 55.2 Å². The van der Waals surface area contributed by atoms with Crippen molar-refractivity contribution in [1.29, 1.82) is 0 Å². The van der Waals surface area contributed by atoms with Crippen LogP contribution < -0.4 is 10.2 Å². The van der Waals surface area contributed by atoms with Gasteiger partial charge in [0.1, 0.15) is 11.6 Å². The molecule has 0 radical (unpaired) electrons. The number of nitrogens with one attached hydrogen (secondary N) is 1. The summed E-state index contributed by atoms with van der Waals surface area (Å²) in [5.74, 6) is -2.52. The summed E-state index contributed by atoms with van der Waals surface area (Å²) in [5.41, 5.74) is 1.26. The van der Waals surface area contributed by atoms with Gasteiger partial charge in [-0.25, -0.2) is 17.2 Å². The summed E-state index contributed by atoms with van der Waals surface area (Å²) in [7, 11) is -3.58. The van der Waals surface area contributed by atoms with E-state index < -0.39 is 27.6 Å². The number of benzene rings is 2. The summed E-state index contributed by atoms with van der Waals surface area (Å²) in [4.78, 5) is 26.8. The van der Waals surface area contributed by atoms with Crippen molar-refractivity contribution in [2.45, 2.75) is 44.4 Å². The zero-order chi connectivity index (χ0) is 24.9. The Hall–Kier alpha value is -2.85. The van der Waals surface area contributed by atoms with Crippen molar-refractivity contribution >= 4 is 27.5 Å². The lowest BCUT2D eigenvalue weighted by Gasteiger charge is -2.30. The summed E-state index contributed by atoms with van der Waals surface area (Å²) >= 11 is 0. The van der Waals surface area contributed by atoms with Gasteiger partial charge in [0.2, 0.25) is 15.9 Å². The fourth-order valence-electron chi connectivity index (χ4n) is 4.05. The second-order valence-corrected chi connectivity index (χ2v) is 9.95. The van der Waals surface area contributed by atoms with Crippen LogP contribution in [0.3, 0.4) is 0 Å². The molecule has 2 aromatic rings. The Morgan fingerprint density at radius 1 is 1.09 bits per heavy atom. The van der Waals surface area contributed by atoms with Crippen LogP contribution in [-0.4, -0.2) is 50.7 Å². The third-order valence-electron chi connectivity index (χ3n) is 5.84. The number of rotatable bonds is 9. The highest BCUT2D eigenvalue weighted by molar-refractivity contribution is 7.89. The van der Waals surface area contributed by atoms with E-state index in [1.54, 1.807) is 30.9 Å². The first-order valence-electron chi connectivity index (χ1n) is 11.4. The number of sulfonamides is 1. The van der Waals surface area contributed by atoms with Crippen LogP contribution in [0.1, 0.15) is 49.0 Å². The molecule has 184 valence electrons. The highest BCUT2D eigenvalue weighted by Crippen LogP contribution is 2.31. The van der Waals surface area contributed by atoms with Crippen LogP contribution in [0.4, 0.5) is 14.5 Å². The lowest BCUT2D eigenvalue weighted by atomic mass is 10.0. The maximum atomic E-state index is 13.7. The van der Waals surface area contributed by atoms with Gasteiger partial charge in [-0.15, -0.1) is 0 Å². The molecular formula is C24H29F2N3O4S. The van der Waals surface area contributed by atoms with E-state index in [4.69, 9.17) is 0 Å². The Morgan fingerprint density at radius 2 is 1.82 bits per heavy atom. The smallest absolute Gasteiger partial charge is 0.254 e. The number of aryl methyl sites for hydroxylation is 1. The highest BCUT2D eigenvalue weighted by Gasteiger charge is 2.27. The van der Waals surface area contributed by atoms with Gasteiger partial charge in [0.25, 0.3) is 5.91 Å². The second kappa shape index (κ2) is 11.1. The quantitative estimate of drug-likeness (QED) is 0.542. The summed E-state index contributed by atoms with van der Waals surface area (Å²) in [6, 6.07) is 7.60. The third-order valence-corrected chi connectivity index (χ3v) is 7.89. The molecule has 0 bridgehead atoms. The number of carbonyl (C=O) groups is 2. The first-order chi connectivity index (χ1) is 16.2. The average molecular weight is 494 g/mol. The molecule has 0 saturated carbocycles. The van der Waals surface area contributed by atoms with Gasteiger partial charge in [-0.1, -0.05) is 13.8 Å². The van der Waals surface area contributed by atoms with Gasteiger partial charge in [-0.3, -0.25) is 9.59 Å². The molecule has 0 fully saturated rings. The van der Waals surface area contributed by atoms with Gasteiger partial charge >= 0.3 is 0 Å². The maximum Gasteiger partial charge on any atom is 0.254 e. The first kappa shape index (κ1) is 25.8. The number of nitrogens with zero attached hydrogens (tertiary/aromatic N) is 2. The number of fused-ring (bicyclic) bond motifs is 1. The Morgan fingerprint density at radius 3 is 2.50 bits per heavy atom. The lowest BCUT2D eigenvalue weighted by molar-refractivity contribution is -0.118. The second-order valence-electron chi connectivity index (χ2n) is 8.01. The number of hydrogen-bond donors (Lipinski definition) is 1. The summed E-state index contributed by atoms with van der Waals surface area (Å²) in [5, 5.41) is 2.54. The Balaban J connectivity index is 1.61. The molecule has 0 saturated heterocycles. The highest BCUT2D eigenvalue weighted by atomic mass is 32.2. The summed E-state index contributed by atoms with van der Waals surface area (Å²) < 4.78 is 53.8. The van der Waals surface area contributed by atoms with E-state index >= 15 is 0 Å². The topological polar surface area (TPSA) is 86.8 Å². The number of hydrogen-bond acceptors (Lipinski definition) is 4. The third kappa shape index (κ3) is 5.61. The van der Waals surface area contributed by atoms with Crippen molar-refractivity contribution in [2.24, 2.45) is 0 Å². The molecule has 3 rings (SSSR count). The Kier molecular flexibility index (Phi) is 8.37. The standard InChI is InChI=1S/C24H29F2N3O4S/c1-3-28(4-2)34(32,33)19-10-12-22-17(15-19)7-6-14-29(22)23(30)8-5-13-27-24(31)20-11-9-18(25)16-21(20)26/h9-12,15-16H,3-8,13-14H2,1-2H3,(H,27,31). The zero-order valence-corrected chi connectivity index (χ0v) is 20.1. The van der Waals surface area contributed by atoms with E-state index in [9.17, 15) is 26.8 Å². The van der Waals surface area contributed by atoms with E-state index in [1.807, 2.05) is 0 Å². The molecule has 7 nitrogen and oxygen atoms in total. The SMILES string of the molecule is CCN(CC)S(=O)(=O)c1ccc2c(c1)CCCN2C(=O)CCCNC(=O)c1ccc(F)cc1F. The van der Waals surface area contributed by atoms with Crippen molar-refractivity contribution < 1.29 is 26.8 Å². The van der Waals surface area contributed by atoms with Crippen LogP contribution in [0.2, 0.25) is 0 Å². The van der Waals surface area contributed by atoms with Gasteiger partial charge < -0.3 is 10.2 Å². The predicted octanol–water partition coefficient (Wildman–Crippen LogP) is 3.48. The van der Waals surface area contributed by atoms with Crippen LogP contribution in [0.25, 0.3) is 0 Å². The molecule has 0 unspecified atom stereocenters. The van der Waals surface area contributed by atoms with Crippen LogP contribution in [0.15, 0.2) is 41.3 Å². The minimum atomic E-state index is -3.58. The molecule has 10 heteroatoms. The minimum absolute atomic E-state index is 0.137. The fraction of sp³-hybridized carbons (Fsp3) is 0.417. The largest absolute Gasteiger partial charge is 0.352 e. The fourth-order valence-corrected chi connectivity index (χ4v) is 5.56. The number of halogens is 2. The average Bonchev–Trinajstić information content (AvgIpc) is 2.81. The molecule has 2 amide bonds. The number of amides is 2. The van der Waals surface area contributed by atoms with Crippen LogP contribution in [0.5, 0.6) is 0 Å². The normalized spacial score (nSPS) is 13.6. The zero-order valence-electron chi connectivity index (χ0n) is 19.3. The predicted molar refractivity (Wildman–Crippen MR) is 125 cm³/mol. The minimum Gasteiger partial charge on any atom is -0.352 e. The molecule has 1 aliphatic heterocycles. The van der Waals surface area contributed by atoms with Gasteiger partial charge in [0.15, 0.2) is 0 Å². The van der Waals surface area contributed by atoms with E-state index in [1.165, 1.54) is 10.4 Å². The van der Waals surface area contributed by atoms with E-state index in [2.05, 4.69) is 5.32 Å². The monoisotopic (exact) mass is 493 g/mol. The Bertz CT molecular complexity index is 1170. The van der Waals surface area contributed by atoms with Gasteiger partial charge in [0.05, 0.1) is 10.5 Å². The van der Waals surface area contributed by atoms with Crippen LogP contribution >= 0.6 is 0 Å². The molecular weight excluding hydrogens is 464 g/mol. The molecule has 1 N–H and O–H groups in total. The Labute approximate surface area is 198 Å². The first-order valence-corrected chi connectivity index (χ1v) is 12.8. The van der Waals surface area contributed by atoms with Crippen molar-refractivity contribution in [3.05, 3.63) is 59.2 Å². The molecule has 34 heavy (non-hydrogen) atoms. The lowest BCUT2D eigenvalue weighted by Crippen LogP contribution is -2.36. The molecule has 0 spiro atoms. The van der Waals surface area contributed by atoms with Crippen LogP contribution in [0, 0.1) is 11.6 Å². The number of anilines is 1. The number of carbonyl (C=O) groups excluding carboxylic acids is 2. The molecule has 0 atom stereocenters. The molecule has 1 aliphatic rings. The maximum absolute atomic E-state index is 13.7. The van der Waals surface area contributed by atoms with Crippen LogP contribution in [-0.2, 0) is 21.2 Å². The molecule has 1 heterocycles. The van der Waals surface area contributed by atoms with E-state index in [0.29, 0.717) is 50.7 Å². The van der Waals surface area contributed by atoms with Crippen molar-refractivity contribution in [1.82, 2.24) is 9.62 Å². The molecule has 0 aromatic heterocycles. The van der Waals surface area contributed by atoms with Crippen molar-refractivity contribution in [2.75, 3.05) is 31.1 Å².